The van der Waals surface area contributed by atoms with E-state index in [-0.39, 0.29) is 17.7 Å². The predicted octanol–water partition coefficient (Wildman–Crippen LogP) is 7.64. The number of fused-ring (bicyclic) bond motifs is 1. The minimum atomic E-state index is -0.893. The lowest BCUT2D eigenvalue weighted by Crippen LogP contribution is -2.54. The average molecular weight is 576 g/mol. The van der Waals surface area contributed by atoms with Gasteiger partial charge in [0.1, 0.15) is 0 Å². The van der Waals surface area contributed by atoms with Crippen molar-refractivity contribution in [1.29, 1.82) is 0 Å². The summed E-state index contributed by atoms with van der Waals surface area (Å²) in [5.41, 5.74) is 6.08. The smallest absolute Gasteiger partial charge is 0.239 e. The maximum atomic E-state index is 14.8. The summed E-state index contributed by atoms with van der Waals surface area (Å²) >= 11 is 0. The van der Waals surface area contributed by atoms with Crippen molar-refractivity contribution in [3.05, 3.63) is 138 Å². The van der Waals surface area contributed by atoms with Gasteiger partial charge in [0.25, 0.3) is 0 Å². The molecule has 0 unspecified atom stereocenters. The number of carbonyl (C=O) groups excluding carboxylic acids is 2. The number of hydrogen-bond donors (Lipinski definition) is 0. The van der Waals surface area contributed by atoms with Crippen LogP contribution in [0.3, 0.4) is 0 Å². The third-order valence-electron chi connectivity index (χ3n) is 10.1. The van der Waals surface area contributed by atoms with E-state index in [0.717, 1.165) is 57.5 Å². The van der Waals surface area contributed by atoms with Crippen molar-refractivity contribution >= 4 is 45.9 Å². The number of aliphatic imine (C=N–C) groups is 1. The van der Waals surface area contributed by atoms with Crippen LogP contribution in [0.25, 0.3) is 10.8 Å². The molecule has 9 rings (SSSR count). The van der Waals surface area contributed by atoms with Crippen molar-refractivity contribution < 1.29 is 9.59 Å². The van der Waals surface area contributed by atoms with Gasteiger partial charge in [-0.1, -0.05) is 84.9 Å². The summed E-state index contributed by atoms with van der Waals surface area (Å²) < 4.78 is 0. The highest BCUT2D eigenvalue weighted by atomic mass is 16.2. The summed E-state index contributed by atoms with van der Waals surface area (Å²) in [7, 11) is 0. The second-order valence-corrected chi connectivity index (χ2v) is 12.0. The maximum absolute atomic E-state index is 14.8. The summed E-state index contributed by atoms with van der Waals surface area (Å²) in [6, 6.07) is 38.7. The van der Waals surface area contributed by atoms with Crippen molar-refractivity contribution in [1.82, 2.24) is 0 Å². The highest BCUT2D eigenvalue weighted by molar-refractivity contribution is 6.27. The highest BCUT2D eigenvalue weighted by Gasteiger charge is 2.68. The minimum Gasteiger partial charge on any atom is -0.372 e. The maximum Gasteiger partial charge on any atom is 0.239 e. The quantitative estimate of drug-likeness (QED) is 0.154. The van der Waals surface area contributed by atoms with E-state index in [1.54, 1.807) is 0 Å². The Bertz CT molecular complexity index is 1920. The van der Waals surface area contributed by atoms with Crippen LogP contribution in [-0.4, -0.2) is 31.1 Å². The summed E-state index contributed by atoms with van der Waals surface area (Å²) in [5.74, 6) is -1.63. The fraction of sp³-hybridized carbons (Fsp3) is 0.205. The molecule has 1 fully saturated rings. The zero-order valence-corrected chi connectivity index (χ0v) is 24.9. The lowest BCUT2D eigenvalue weighted by molar-refractivity contribution is -0.122. The van der Waals surface area contributed by atoms with E-state index in [1.807, 2.05) is 85.1 Å². The number of carbonyl (C=O) groups is 2. The van der Waals surface area contributed by atoms with Gasteiger partial charge < -0.3 is 4.90 Å². The van der Waals surface area contributed by atoms with Gasteiger partial charge in [0.05, 0.1) is 28.6 Å². The zero-order chi connectivity index (χ0) is 30.0. The molecule has 5 aromatic rings. The van der Waals surface area contributed by atoms with E-state index < -0.39 is 17.3 Å². The Morgan fingerprint density at radius 1 is 0.727 bits per heavy atom. The number of amides is 2. The predicted molar refractivity (Wildman–Crippen MR) is 177 cm³/mol. The van der Waals surface area contributed by atoms with E-state index in [1.165, 1.54) is 4.90 Å². The van der Waals surface area contributed by atoms with Gasteiger partial charge in [-0.3, -0.25) is 14.6 Å². The van der Waals surface area contributed by atoms with Crippen LogP contribution >= 0.6 is 0 Å². The Balaban J connectivity index is 1.33. The number of imide groups is 1. The van der Waals surface area contributed by atoms with E-state index in [9.17, 15) is 9.59 Å². The molecule has 2 amide bonds. The van der Waals surface area contributed by atoms with Crippen molar-refractivity contribution in [3.8, 4) is 0 Å². The molecule has 216 valence electrons. The molecule has 44 heavy (non-hydrogen) atoms. The molecule has 2 bridgehead atoms. The van der Waals surface area contributed by atoms with E-state index in [0.29, 0.717) is 5.69 Å². The zero-order valence-electron chi connectivity index (χ0n) is 24.9. The molecular weight excluding hydrogens is 542 g/mol. The lowest BCUT2D eigenvalue weighted by atomic mass is 9.47. The fourth-order valence-corrected chi connectivity index (χ4v) is 8.21. The summed E-state index contributed by atoms with van der Waals surface area (Å²) in [6.45, 7) is 6.18. The third-order valence-corrected chi connectivity index (χ3v) is 10.1. The van der Waals surface area contributed by atoms with Crippen LogP contribution in [-0.2, 0) is 15.0 Å². The van der Waals surface area contributed by atoms with E-state index >= 15 is 0 Å². The van der Waals surface area contributed by atoms with Gasteiger partial charge in [-0.25, -0.2) is 4.90 Å². The van der Waals surface area contributed by atoms with Crippen LogP contribution in [0.4, 0.5) is 17.1 Å². The van der Waals surface area contributed by atoms with Crippen molar-refractivity contribution in [2.75, 3.05) is 22.9 Å². The van der Waals surface area contributed by atoms with Gasteiger partial charge in [-0.15, -0.1) is 0 Å². The van der Waals surface area contributed by atoms with E-state index in [4.69, 9.17) is 4.99 Å². The Morgan fingerprint density at radius 3 is 2.02 bits per heavy atom. The van der Waals surface area contributed by atoms with Gasteiger partial charge in [0.2, 0.25) is 11.8 Å². The molecule has 0 N–H and O–H groups in total. The molecule has 1 saturated heterocycles. The summed E-state index contributed by atoms with van der Waals surface area (Å²) in [5, 5.41) is 1.90. The SMILES string of the molecule is CCN(CC)c1ccc(N=CC23c4ccccc4C(c4ccccc42)[C@H]2C(=O)N(c4cccc5ccccc45)C(=O)[C@H]23)cc1. The van der Waals surface area contributed by atoms with Crippen LogP contribution in [0.2, 0.25) is 0 Å². The number of hydrogen-bond acceptors (Lipinski definition) is 4. The van der Waals surface area contributed by atoms with Crippen LogP contribution < -0.4 is 9.80 Å². The number of anilines is 2. The van der Waals surface area contributed by atoms with Crippen molar-refractivity contribution in [3.63, 3.8) is 0 Å². The van der Waals surface area contributed by atoms with Gasteiger partial charge in [-0.2, -0.15) is 0 Å². The molecule has 2 atom stereocenters. The Hall–Kier alpha value is -5.03. The second kappa shape index (κ2) is 10.0. The molecule has 5 nitrogen and oxygen atoms in total. The number of benzene rings is 5. The van der Waals surface area contributed by atoms with Crippen molar-refractivity contribution in [2.24, 2.45) is 16.8 Å². The molecule has 0 spiro atoms. The van der Waals surface area contributed by atoms with Crippen LogP contribution in [0.15, 0.2) is 120 Å². The van der Waals surface area contributed by atoms with Crippen LogP contribution in [0, 0.1) is 11.8 Å². The number of nitrogens with zero attached hydrogens (tertiary/aromatic N) is 3. The monoisotopic (exact) mass is 575 g/mol. The van der Waals surface area contributed by atoms with Gasteiger partial charge in [0, 0.05) is 36.3 Å². The Morgan fingerprint density at radius 2 is 1.34 bits per heavy atom. The van der Waals surface area contributed by atoms with Crippen molar-refractivity contribution in [2.45, 2.75) is 25.2 Å². The molecule has 5 aromatic carbocycles. The molecular formula is C39H33N3O2. The first kappa shape index (κ1) is 26.6. The first-order chi connectivity index (χ1) is 21.6. The van der Waals surface area contributed by atoms with Gasteiger partial charge in [-0.05, 0) is 71.8 Å². The first-order valence-corrected chi connectivity index (χ1v) is 15.5. The van der Waals surface area contributed by atoms with Crippen LogP contribution in [0.5, 0.6) is 0 Å². The molecule has 1 heterocycles. The van der Waals surface area contributed by atoms with E-state index in [2.05, 4.69) is 55.1 Å². The standard InChI is InChI=1S/C39H33N3O2/c1-3-41(4-2)27-22-20-26(21-23-27)40-24-39-31-17-9-7-15-29(31)34(30-16-8-10-18-32(30)39)35-36(39)38(44)42(37(35)43)33-19-11-13-25-12-5-6-14-28(25)33/h5-24,34-36H,3-4H2,1-2H3/t34?,35-,36+,39?/m1/s1. The summed E-state index contributed by atoms with van der Waals surface area (Å²) in [6.07, 6.45) is 1.97. The molecule has 0 radical (unpaired) electrons. The fourth-order valence-electron chi connectivity index (χ4n) is 8.21. The summed E-state index contributed by atoms with van der Waals surface area (Å²) in [4.78, 5) is 38.3. The molecule has 3 aliphatic carbocycles. The molecule has 4 aliphatic rings. The Labute approximate surface area is 257 Å². The van der Waals surface area contributed by atoms with Gasteiger partial charge in [0.15, 0.2) is 0 Å². The highest BCUT2D eigenvalue weighted by Crippen LogP contribution is 2.64. The normalized spacial score (nSPS) is 23.2. The molecule has 5 heteroatoms. The third kappa shape index (κ3) is 3.56. The molecule has 0 aromatic heterocycles. The molecule has 1 aliphatic heterocycles. The lowest BCUT2D eigenvalue weighted by Gasteiger charge is -2.52. The first-order valence-electron chi connectivity index (χ1n) is 15.5. The second-order valence-electron chi connectivity index (χ2n) is 12.0. The minimum absolute atomic E-state index is 0.133. The van der Waals surface area contributed by atoms with Crippen LogP contribution in [0.1, 0.15) is 42.0 Å². The van der Waals surface area contributed by atoms with Gasteiger partial charge >= 0.3 is 0 Å². The average Bonchev–Trinajstić information content (AvgIpc) is 3.35. The largest absolute Gasteiger partial charge is 0.372 e. The number of rotatable bonds is 6. The Kier molecular flexibility index (Phi) is 6.05. The topological polar surface area (TPSA) is 53.0 Å². The molecule has 0 saturated carbocycles.